The average molecular weight is 715 g/mol. The van der Waals surface area contributed by atoms with Crippen LogP contribution in [0, 0.1) is 11.6 Å². The summed E-state index contributed by atoms with van der Waals surface area (Å²) in [6, 6.07) is 7.47. The van der Waals surface area contributed by atoms with Crippen LogP contribution >= 0.6 is 12.4 Å². The van der Waals surface area contributed by atoms with Gasteiger partial charge in [-0.1, -0.05) is 57.9 Å². The first-order chi connectivity index (χ1) is 22.3. The molecule has 2 aromatic carbocycles. The lowest BCUT2D eigenvalue weighted by molar-refractivity contribution is -0.153. The fraction of sp³-hybridized carbons (Fsp3) is 0.559. The monoisotopic (exact) mass is 714 g/mol. The van der Waals surface area contributed by atoms with E-state index in [-0.39, 0.29) is 49.7 Å². The minimum absolute atomic E-state index is 0. The predicted molar refractivity (Wildman–Crippen MR) is 183 cm³/mol. The van der Waals surface area contributed by atoms with Crippen molar-refractivity contribution in [2.75, 3.05) is 12.3 Å². The van der Waals surface area contributed by atoms with Crippen LogP contribution in [0.5, 0.6) is 0 Å². The second-order valence-electron chi connectivity index (χ2n) is 12.2. The van der Waals surface area contributed by atoms with Gasteiger partial charge in [-0.05, 0) is 60.9 Å². The third-order valence-corrected chi connectivity index (χ3v) is 10.5. The molecule has 1 fully saturated rings. The molecule has 5 N–H and O–H groups in total. The van der Waals surface area contributed by atoms with Crippen LogP contribution in [0.3, 0.4) is 0 Å². The minimum Gasteiger partial charge on any atom is -0.458 e. The van der Waals surface area contributed by atoms with Gasteiger partial charge >= 0.3 is 5.97 Å². The number of carbonyl (C=O) groups is 3. The Labute approximate surface area is 288 Å². The Kier molecular flexibility index (Phi) is 16.9. The molecule has 1 aliphatic rings. The summed E-state index contributed by atoms with van der Waals surface area (Å²) in [4.78, 5) is 38.6. The molecule has 4 atom stereocenters. The molecule has 3 rings (SSSR count). The zero-order valence-electron chi connectivity index (χ0n) is 27.8. The van der Waals surface area contributed by atoms with E-state index in [1.807, 2.05) is 45.0 Å². The summed E-state index contributed by atoms with van der Waals surface area (Å²) in [6.45, 7) is 6.21. The summed E-state index contributed by atoms with van der Waals surface area (Å²) in [5, 5.41) is 7.55. The van der Waals surface area contributed by atoms with Gasteiger partial charge in [0.25, 0.3) is 0 Å². The molecular weight excluding hydrogens is 666 g/mol. The number of sulfone groups is 1. The fourth-order valence-corrected chi connectivity index (χ4v) is 7.88. The summed E-state index contributed by atoms with van der Waals surface area (Å²) in [5.41, 5.74) is 8.84. The molecule has 2 amide bonds. The lowest BCUT2D eigenvalue weighted by atomic mass is 10.0. The zero-order valence-corrected chi connectivity index (χ0v) is 29.4. The van der Waals surface area contributed by atoms with Gasteiger partial charge in [0.05, 0.1) is 11.0 Å². The van der Waals surface area contributed by atoms with Crippen LogP contribution in [0.25, 0.3) is 0 Å². The first-order valence-electron chi connectivity index (χ1n) is 16.4. The number of hydrogen-bond donors (Lipinski definition) is 4. The van der Waals surface area contributed by atoms with Gasteiger partial charge in [-0.25, -0.2) is 22.0 Å². The van der Waals surface area contributed by atoms with Crippen molar-refractivity contribution in [2.24, 2.45) is 5.73 Å². The van der Waals surface area contributed by atoms with Crippen LogP contribution in [-0.2, 0) is 48.3 Å². The van der Waals surface area contributed by atoms with Crippen LogP contribution in [-0.4, -0.2) is 68.0 Å². The second-order valence-corrected chi connectivity index (χ2v) is 14.5. The molecule has 0 bridgehead atoms. The fourth-order valence-electron chi connectivity index (χ4n) is 5.73. The Hall–Kier alpha value is -3.13. The topological polar surface area (TPSA) is 157 Å². The smallest absolute Gasteiger partial charge is 0.330 e. The van der Waals surface area contributed by atoms with Crippen molar-refractivity contribution in [3.8, 4) is 0 Å². The SMILES string of the molecule is CCCC(CCC)S(=O)(=O)C[C@H](NC(=O)[C@@H]1CCC(=O)N1)C(=O)O[C@H](CNCc1cccc(CC)c1)[C@@H](N)Cc1cc(F)cc(F)c1.Cl. The molecule has 10 nitrogen and oxygen atoms in total. The molecule has 0 saturated carbocycles. The zero-order chi connectivity index (χ0) is 34.6. The van der Waals surface area contributed by atoms with Gasteiger partial charge in [-0.2, -0.15) is 0 Å². The van der Waals surface area contributed by atoms with E-state index in [0.717, 1.165) is 35.7 Å². The minimum atomic E-state index is -3.88. The van der Waals surface area contributed by atoms with E-state index in [2.05, 4.69) is 16.0 Å². The Morgan fingerprint density at radius 1 is 1.02 bits per heavy atom. The first kappa shape index (κ1) is 41.0. The maximum Gasteiger partial charge on any atom is 0.330 e. The Balaban J connectivity index is 0.00000800. The van der Waals surface area contributed by atoms with Gasteiger partial charge in [0.2, 0.25) is 11.8 Å². The number of nitrogens with one attached hydrogen (secondary N) is 3. The van der Waals surface area contributed by atoms with E-state index in [0.29, 0.717) is 32.2 Å². The van der Waals surface area contributed by atoms with Gasteiger partial charge in [-0.3, -0.25) is 9.59 Å². The highest BCUT2D eigenvalue weighted by molar-refractivity contribution is 7.92. The second kappa shape index (κ2) is 19.8. The molecule has 0 spiro atoms. The maximum atomic E-state index is 14.0. The van der Waals surface area contributed by atoms with E-state index in [9.17, 15) is 31.6 Å². The number of ether oxygens (including phenoxy) is 1. The molecule has 2 aromatic rings. The number of halogens is 3. The Bertz CT molecular complexity index is 1460. The Morgan fingerprint density at radius 3 is 2.25 bits per heavy atom. The summed E-state index contributed by atoms with van der Waals surface area (Å²) in [6.07, 6.45) is 2.07. The number of benzene rings is 2. The van der Waals surface area contributed by atoms with Crippen LogP contribution in [0.2, 0.25) is 0 Å². The highest BCUT2D eigenvalue weighted by Crippen LogP contribution is 2.19. The lowest BCUT2D eigenvalue weighted by Gasteiger charge is -2.28. The highest BCUT2D eigenvalue weighted by atomic mass is 35.5. The molecule has 1 saturated heterocycles. The van der Waals surface area contributed by atoms with Gasteiger partial charge in [0.15, 0.2) is 9.84 Å². The number of esters is 1. The molecule has 0 unspecified atom stereocenters. The van der Waals surface area contributed by atoms with Gasteiger partial charge in [0, 0.05) is 31.6 Å². The molecule has 0 radical (unpaired) electrons. The van der Waals surface area contributed by atoms with E-state index in [4.69, 9.17) is 10.5 Å². The number of rotatable bonds is 19. The third kappa shape index (κ3) is 12.7. The van der Waals surface area contributed by atoms with Crippen LogP contribution in [0.1, 0.15) is 76.0 Å². The van der Waals surface area contributed by atoms with Crippen molar-refractivity contribution in [3.05, 3.63) is 70.8 Å². The van der Waals surface area contributed by atoms with Crippen LogP contribution < -0.4 is 21.7 Å². The number of nitrogens with two attached hydrogens (primary N) is 1. The Morgan fingerprint density at radius 2 is 1.67 bits per heavy atom. The van der Waals surface area contributed by atoms with Crippen molar-refractivity contribution >= 4 is 40.0 Å². The van der Waals surface area contributed by atoms with Crippen molar-refractivity contribution in [1.29, 1.82) is 0 Å². The third-order valence-electron chi connectivity index (χ3n) is 8.25. The largest absolute Gasteiger partial charge is 0.458 e. The molecule has 268 valence electrons. The van der Waals surface area contributed by atoms with Gasteiger partial charge in [-0.15, -0.1) is 12.4 Å². The molecule has 14 heteroatoms. The lowest BCUT2D eigenvalue weighted by Crippen LogP contribution is -2.55. The molecule has 0 aromatic heterocycles. The molecule has 1 heterocycles. The number of amides is 2. The van der Waals surface area contributed by atoms with Gasteiger partial charge in [0.1, 0.15) is 29.8 Å². The van der Waals surface area contributed by atoms with Crippen molar-refractivity contribution in [3.63, 3.8) is 0 Å². The summed E-state index contributed by atoms with van der Waals surface area (Å²) < 4.78 is 60.8. The average Bonchev–Trinajstić information content (AvgIpc) is 3.45. The first-order valence-corrected chi connectivity index (χ1v) is 18.1. The van der Waals surface area contributed by atoms with Gasteiger partial charge < -0.3 is 26.4 Å². The van der Waals surface area contributed by atoms with E-state index < -0.39 is 68.6 Å². The van der Waals surface area contributed by atoms with Crippen LogP contribution in [0.4, 0.5) is 8.78 Å². The van der Waals surface area contributed by atoms with E-state index in [1.54, 1.807) is 0 Å². The van der Waals surface area contributed by atoms with Crippen molar-refractivity contribution in [2.45, 2.75) is 108 Å². The molecular formula is C34H49ClF2N4O6S. The van der Waals surface area contributed by atoms with Crippen molar-refractivity contribution < 1.29 is 36.3 Å². The summed E-state index contributed by atoms with van der Waals surface area (Å²) >= 11 is 0. The number of aryl methyl sites for hydroxylation is 1. The molecule has 1 aliphatic heterocycles. The maximum absolute atomic E-state index is 14.0. The van der Waals surface area contributed by atoms with E-state index >= 15 is 0 Å². The normalized spacial score (nSPS) is 16.5. The number of carbonyl (C=O) groups excluding carboxylic acids is 3. The summed E-state index contributed by atoms with van der Waals surface area (Å²) in [7, 11) is -3.88. The standard InChI is InChI=1S/C34H48F2N4O6S.ClH/c1-4-8-27(9-5-2)47(44,45)21-30(40-33(42)29-12-13-32(41)39-29)34(43)46-31(20-38-19-23-11-7-10-22(6-3)14-23)28(37)17-24-15-25(35)18-26(36)16-24;/h7,10-11,14-16,18,27-31,38H,4-6,8-9,12-13,17,19-21,37H2,1-3H3,(H,39,41)(H,40,42);1H/t28-,29-,30-,31+;/m0./s1. The van der Waals surface area contributed by atoms with Crippen LogP contribution in [0.15, 0.2) is 42.5 Å². The summed E-state index contributed by atoms with van der Waals surface area (Å²) in [5.74, 6) is -4.29. The van der Waals surface area contributed by atoms with E-state index in [1.165, 1.54) is 0 Å². The quantitative estimate of drug-likeness (QED) is 0.161. The van der Waals surface area contributed by atoms with Crippen molar-refractivity contribution in [1.82, 2.24) is 16.0 Å². The molecule has 48 heavy (non-hydrogen) atoms. The molecule has 0 aliphatic carbocycles. The number of hydrogen-bond acceptors (Lipinski definition) is 8. The predicted octanol–water partition coefficient (Wildman–Crippen LogP) is 3.67. The highest BCUT2D eigenvalue weighted by Gasteiger charge is 2.37.